The lowest BCUT2D eigenvalue weighted by Gasteiger charge is -2.34. The van der Waals surface area contributed by atoms with Crippen molar-refractivity contribution in [1.29, 1.82) is 0 Å². The van der Waals surface area contributed by atoms with Gasteiger partial charge < -0.3 is 9.88 Å². The van der Waals surface area contributed by atoms with Crippen molar-refractivity contribution < 1.29 is 9.18 Å². The first-order chi connectivity index (χ1) is 14.7. The van der Waals surface area contributed by atoms with Crippen molar-refractivity contribution in [2.24, 2.45) is 0 Å². The molecule has 156 valence electrons. The van der Waals surface area contributed by atoms with E-state index < -0.39 is 0 Å². The van der Waals surface area contributed by atoms with Gasteiger partial charge in [0.2, 0.25) is 0 Å². The van der Waals surface area contributed by atoms with Crippen LogP contribution in [0.2, 0.25) is 0 Å². The van der Waals surface area contributed by atoms with Crippen LogP contribution < -0.4 is 0 Å². The number of aromatic amines is 1. The molecule has 1 saturated heterocycles. The van der Waals surface area contributed by atoms with Gasteiger partial charge in [-0.1, -0.05) is 12.1 Å². The van der Waals surface area contributed by atoms with E-state index in [1.165, 1.54) is 41.6 Å². The zero-order chi connectivity index (χ0) is 20.5. The van der Waals surface area contributed by atoms with E-state index in [0.717, 1.165) is 68.6 Å². The Labute approximate surface area is 176 Å². The van der Waals surface area contributed by atoms with Crippen LogP contribution in [0.5, 0.6) is 0 Å². The van der Waals surface area contributed by atoms with Gasteiger partial charge >= 0.3 is 0 Å². The van der Waals surface area contributed by atoms with Gasteiger partial charge in [0, 0.05) is 54.9 Å². The predicted octanol–water partition coefficient (Wildman–Crippen LogP) is 4.19. The summed E-state index contributed by atoms with van der Waals surface area (Å²) < 4.78 is 13.0. The topological polar surface area (TPSA) is 39.3 Å². The first kappa shape index (κ1) is 19.3. The molecule has 1 fully saturated rings. The molecule has 1 aliphatic carbocycles. The molecule has 1 aromatic heterocycles. The fraction of sp³-hybridized carbons (Fsp3) is 0.400. The lowest BCUT2D eigenvalue weighted by Crippen LogP contribution is -2.49. The van der Waals surface area contributed by atoms with Gasteiger partial charge in [-0.25, -0.2) is 4.39 Å². The number of nitrogens with zero attached hydrogens (tertiary/aromatic N) is 2. The highest BCUT2D eigenvalue weighted by molar-refractivity contribution is 5.99. The zero-order valence-electron chi connectivity index (χ0n) is 17.3. The van der Waals surface area contributed by atoms with Crippen molar-refractivity contribution in [1.82, 2.24) is 14.8 Å². The van der Waals surface area contributed by atoms with Gasteiger partial charge in [-0.05, 0) is 73.6 Å². The average molecular weight is 406 g/mol. The molecule has 30 heavy (non-hydrogen) atoms. The number of fused-ring (bicyclic) bond motifs is 3. The Morgan fingerprint density at radius 3 is 2.53 bits per heavy atom. The largest absolute Gasteiger partial charge is 0.358 e. The molecule has 0 radical (unpaired) electrons. The summed E-state index contributed by atoms with van der Waals surface area (Å²) in [6.07, 6.45) is 5.62. The third kappa shape index (κ3) is 3.86. The predicted molar refractivity (Wildman–Crippen MR) is 117 cm³/mol. The number of aromatic nitrogens is 1. The highest BCUT2D eigenvalue weighted by Crippen LogP contribution is 2.30. The summed E-state index contributed by atoms with van der Waals surface area (Å²) in [6, 6.07) is 12.9. The summed E-state index contributed by atoms with van der Waals surface area (Å²) in [5.74, 6) is -0.0509. The number of carbonyl (C=O) groups is 1. The number of aryl methyl sites for hydroxylation is 2. The molecule has 0 spiro atoms. The van der Waals surface area contributed by atoms with Gasteiger partial charge in [-0.2, -0.15) is 0 Å². The number of piperazine rings is 1. The summed E-state index contributed by atoms with van der Waals surface area (Å²) in [5.41, 5.74) is 5.88. The molecular weight excluding hydrogens is 377 g/mol. The number of benzene rings is 2. The molecule has 2 aliphatic rings. The first-order valence-corrected chi connectivity index (χ1v) is 11.1. The lowest BCUT2D eigenvalue weighted by molar-refractivity contribution is 0.0638. The molecular formula is C25H28FN3O. The zero-order valence-corrected chi connectivity index (χ0v) is 17.3. The van der Waals surface area contributed by atoms with Crippen LogP contribution in [-0.2, 0) is 19.3 Å². The maximum absolute atomic E-state index is 13.1. The molecule has 0 saturated carbocycles. The van der Waals surface area contributed by atoms with E-state index in [2.05, 4.69) is 22.0 Å². The number of H-pyrrole nitrogens is 1. The Kier molecular flexibility index (Phi) is 5.30. The van der Waals surface area contributed by atoms with Crippen molar-refractivity contribution in [2.75, 3.05) is 32.7 Å². The highest BCUT2D eigenvalue weighted by atomic mass is 19.1. The Hall–Kier alpha value is -2.66. The van der Waals surface area contributed by atoms with Crippen LogP contribution in [0.3, 0.4) is 0 Å². The van der Waals surface area contributed by atoms with E-state index in [1.54, 1.807) is 0 Å². The number of nitrogens with one attached hydrogen (secondary N) is 1. The van der Waals surface area contributed by atoms with E-state index >= 15 is 0 Å². The molecule has 0 atom stereocenters. The monoisotopic (exact) mass is 405 g/mol. The molecule has 0 unspecified atom stereocenters. The molecule has 1 N–H and O–H groups in total. The van der Waals surface area contributed by atoms with E-state index in [0.29, 0.717) is 0 Å². The Balaban J connectivity index is 1.21. The van der Waals surface area contributed by atoms with Gasteiger partial charge in [0.15, 0.2) is 0 Å². The second kappa shape index (κ2) is 8.23. The van der Waals surface area contributed by atoms with Crippen LogP contribution in [0.4, 0.5) is 4.39 Å². The normalized spacial score (nSPS) is 17.3. The highest BCUT2D eigenvalue weighted by Gasteiger charge is 2.23. The molecule has 3 aromatic rings. The van der Waals surface area contributed by atoms with E-state index in [-0.39, 0.29) is 11.7 Å². The lowest BCUT2D eigenvalue weighted by atomic mass is 9.95. The van der Waals surface area contributed by atoms with Gasteiger partial charge in [-0.15, -0.1) is 0 Å². The second-order valence-electron chi connectivity index (χ2n) is 8.56. The molecule has 5 rings (SSSR count). The Morgan fingerprint density at radius 1 is 0.967 bits per heavy atom. The SMILES string of the molecule is O=C(c1ccc2[nH]c3c(c2c1)CCCC3)N1CCN(CCc2ccc(F)cc2)CC1. The fourth-order valence-corrected chi connectivity index (χ4v) is 4.83. The Bertz CT molecular complexity index is 1050. The summed E-state index contributed by atoms with van der Waals surface area (Å²) in [6.45, 7) is 4.22. The third-order valence-electron chi connectivity index (χ3n) is 6.63. The molecule has 4 nitrogen and oxygen atoms in total. The van der Waals surface area contributed by atoms with Crippen LogP contribution >= 0.6 is 0 Å². The first-order valence-electron chi connectivity index (χ1n) is 11.1. The van der Waals surface area contributed by atoms with E-state index in [4.69, 9.17) is 0 Å². The summed E-state index contributed by atoms with van der Waals surface area (Å²) in [5, 5.41) is 1.23. The standard InChI is InChI=1S/C25H28FN3O/c26-20-8-5-18(6-9-20)11-12-28-13-15-29(16-14-28)25(30)19-7-10-24-22(17-19)21-3-1-2-4-23(21)27-24/h5-10,17,27H,1-4,11-16H2. The minimum atomic E-state index is -0.191. The van der Waals surface area contributed by atoms with Crippen molar-refractivity contribution in [2.45, 2.75) is 32.1 Å². The van der Waals surface area contributed by atoms with Crippen LogP contribution in [0, 0.1) is 5.82 Å². The number of carbonyl (C=O) groups excluding carboxylic acids is 1. The van der Waals surface area contributed by atoms with Crippen molar-refractivity contribution in [3.05, 3.63) is 70.7 Å². The van der Waals surface area contributed by atoms with Crippen molar-refractivity contribution >= 4 is 16.8 Å². The van der Waals surface area contributed by atoms with E-state index in [9.17, 15) is 9.18 Å². The smallest absolute Gasteiger partial charge is 0.253 e. The van der Waals surface area contributed by atoms with Crippen molar-refractivity contribution in [3.8, 4) is 0 Å². The van der Waals surface area contributed by atoms with Crippen LogP contribution in [0.25, 0.3) is 10.9 Å². The third-order valence-corrected chi connectivity index (χ3v) is 6.63. The van der Waals surface area contributed by atoms with Gasteiger partial charge in [0.1, 0.15) is 5.82 Å². The van der Waals surface area contributed by atoms with Crippen molar-refractivity contribution in [3.63, 3.8) is 0 Å². The van der Waals surface area contributed by atoms with Gasteiger partial charge in [0.25, 0.3) is 5.91 Å². The summed E-state index contributed by atoms with van der Waals surface area (Å²) in [4.78, 5) is 21.0. The minimum Gasteiger partial charge on any atom is -0.358 e. The van der Waals surface area contributed by atoms with Gasteiger partial charge in [-0.3, -0.25) is 9.69 Å². The average Bonchev–Trinajstić information content (AvgIpc) is 3.16. The quantitative estimate of drug-likeness (QED) is 0.707. The molecule has 0 bridgehead atoms. The Morgan fingerprint density at radius 2 is 1.73 bits per heavy atom. The molecule has 2 aromatic carbocycles. The number of amides is 1. The van der Waals surface area contributed by atoms with E-state index in [1.807, 2.05) is 23.1 Å². The van der Waals surface area contributed by atoms with Gasteiger partial charge in [0.05, 0.1) is 0 Å². The number of halogens is 1. The minimum absolute atomic E-state index is 0.140. The molecule has 1 amide bonds. The fourth-order valence-electron chi connectivity index (χ4n) is 4.83. The number of hydrogen-bond donors (Lipinski definition) is 1. The molecule has 1 aliphatic heterocycles. The molecule has 5 heteroatoms. The maximum atomic E-state index is 13.1. The number of rotatable bonds is 4. The second-order valence-corrected chi connectivity index (χ2v) is 8.56. The maximum Gasteiger partial charge on any atom is 0.253 e. The number of hydrogen-bond acceptors (Lipinski definition) is 2. The van der Waals surface area contributed by atoms with Crippen LogP contribution in [0.15, 0.2) is 42.5 Å². The molecule has 2 heterocycles. The summed E-state index contributed by atoms with van der Waals surface area (Å²) in [7, 11) is 0. The van der Waals surface area contributed by atoms with Crippen LogP contribution in [-0.4, -0.2) is 53.4 Å². The summed E-state index contributed by atoms with van der Waals surface area (Å²) >= 11 is 0. The van der Waals surface area contributed by atoms with Crippen LogP contribution in [0.1, 0.15) is 40.0 Å².